The van der Waals surface area contributed by atoms with Crippen LogP contribution in [0.4, 0.5) is 0 Å². The standard InChI is InChI=1S/C8H12N2O2S2/c1-3-8(2,12)14-13-7(11)6-9-4-5-10-6/h4-5,12H,3H2,1-2H3,(H,9,10). The third-order valence-electron chi connectivity index (χ3n) is 1.64. The summed E-state index contributed by atoms with van der Waals surface area (Å²) in [6, 6.07) is 0. The van der Waals surface area contributed by atoms with Crippen LogP contribution in [0, 0.1) is 0 Å². The van der Waals surface area contributed by atoms with Crippen molar-refractivity contribution in [2.45, 2.75) is 25.2 Å². The molecule has 0 radical (unpaired) electrons. The number of aliphatic hydroxyl groups is 1. The molecule has 0 aliphatic heterocycles. The Morgan fingerprint density at radius 3 is 3.00 bits per heavy atom. The van der Waals surface area contributed by atoms with Crippen LogP contribution in [0.1, 0.15) is 30.9 Å². The first-order valence-corrected chi connectivity index (χ1v) is 6.32. The SMILES string of the molecule is CCC(C)(O)SSC(=O)c1ncc[nH]1. The summed E-state index contributed by atoms with van der Waals surface area (Å²) >= 11 is 0. The van der Waals surface area contributed by atoms with Gasteiger partial charge in [-0.05, 0) is 24.1 Å². The first-order valence-electron chi connectivity index (χ1n) is 4.17. The quantitative estimate of drug-likeness (QED) is 0.614. The molecule has 0 aromatic carbocycles. The summed E-state index contributed by atoms with van der Waals surface area (Å²) in [5, 5.41) is 9.46. The Balaban J connectivity index is 2.43. The lowest BCUT2D eigenvalue weighted by Gasteiger charge is -2.18. The summed E-state index contributed by atoms with van der Waals surface area (Å²) in [5.74, 6) is 0.314. The molecule has 14 heavy (non-hydrogen) atoms. The number of nitrogens with one attached hydrogen (secondary N) is 1. The van der Waals surface area contributed by atoms with Gasteiger partial charge in [0.05, 0.1) is 0 Å². The van der Waals surface area contributed by atoms with Crippen molar-refractivity contribution in [3.63, 3.8) is 0 Å². The van der Waals surface area contributed by atoms with Gasteiger partial charge in [0.1, 0.15) is 4.93 Å². The van der Waals surface area contributed by atoms with Crippen LogP contribution in [-0.4, -0.2) is 25.1 Å². The van der Waals surface area contributed by atoms with Crippen molar-refractivity contribution in [2.24, 2.45) is 0 Å². The normalized spacial score (nSPS) is 15.1. The molecule has 2 N–H and O–H groups in total. The fourth-order valence-electron chi connectivity index (χ4n) is 0.603. The van der Waals surface area contributed by atoms with Gasteiger partial charge < -0.3 is 10.1 Å². The van der Waals surface area contributed by atoms with Crippen LogP contribution < -0.4 is 0 Å². The van der Waals surface area contributed by atoms with E-state index >= 15 is 0 Å². The lowest BCUT2D eigenvalue weighted by atomic mass is 10.3. The molecule has 0 saturated carbocycles. The highest BCUT2D eigenvalue weighted by Gasteiger charge is 2.21. The van der Waals surface area contributed by atoms with Gasteiger partial charge in [-0.2, -0.15) is 0 Å². The molecule has 1 heterocycles. The molecule has 78 valence electrons. The monoisotopic (exact) mass is 232 g/mol. The number of H-pyrrole nitrogens is 1. The van der Waals surface area contributed by atoms with Crippen molar-refractivity contribution in [3.8, 4) is 0 Å². The second-order valence-corrected chi connectivity index (χ2v) is 5.50. The summed E-state index contributed by atoms with van der Waals surface area (Å²) in [6.45, 7) is 3.55. The largest absolute Gasteiger partial charge is 0.379 e. The Labute approximate surface area is 90.3 Å². The molecule has 0 spiro atoms. The number of aromatic nitrogens is 2. The number of carbonyl (C=O) groups excluding carboxylic acids is 1. The van der Waals surface area contributed by atoms with E-state index in [2.05, 4.69) is 9.97 Å². The van der Waals surface area contributed by atoms with E-state index in [1.165, 1.54) is 6.20 Å². The van der Waals surface area contributed by atoms with E-state index in [0.717, 1.165) is 21.6 Å². The maximum atomic E-state index is 11.4. The number of imidazole rings is 1. The third kappa shape index (κ3) is 3.36. The fraction of sp³-hybridized carbons (Fsp3) is 0.500. The van der Waals surface area contributed by atoms with Crippen LogP contribution in [-0.2, 0) is 0 Å². The van der Waals surface area contributed by atoms with Crippen LogP contribution in [0.5, 0.6) is 0 Å². The zero-order valence-corrected chi connectivity index (χ0v) is 9.61. The fourth-order valence-corrected chi connectivity index (χ4v) is 2.52. The molecule has 1 unspecified atom stereocenters. The Hall–Kier alpha value is -0.460. The summed E-state index contributed by atoms with van der Waals surface area (Å²) in [4.78, 5) is 17.1. The number of hydrogen-bond donors (Lipinski definition) is 2. The highest BCUT2D eigenvalue weighted by atomic mass is 33.1. The van der Waals surface area contributed by atoms with Gasteiger partial charge in [0.2, 0.25) is 0 Å². The Bertz CT molecular complexity index is 298. The minimum Gasteiger partial charge on any atom is -0.379 e. The van der Waals surface area contributed by atoms with Gasteiger partial charge in [-0.3, -0.25) is 4.79 Å². The molecule has 6 heteroatoms. The van der Waals surface area contributed by atoms with Crippen molar-refractivity contribution >= 4 is 26.7 Å². The molecule has 0 fully saturated rings. The minimum atomic E-state index is -0.868. The summed E-state index contributed by atoms with van der Waals surface area (Å²) in [5.41, 5.74) is 0. The van der Waals surface area contributed by atoms with Gasteiger partial charge in [0.15, 0.2) is 5.82 Å². The molecule has 1 atom stereocenters. The zero-order valence-electron chi connectivity index (χ0n) is 7.98. The van der Waals surface area contributed by atoms with Gasteiger partial charge in [-0.1, -0.05) is 17.7 Å². The molecule has 1 rings (SSSR count). The smallest absolute Gasteiger partial charge is 0.265 e. The molecule has 0 amide bonds. The average molecular weight is 232 g/mol. The van der Waals surface area contributed by atoms with Crippen molar-refractivity contribution in [1.29, 1.82) is 0 Å². The van der Waals surface area contributed by atoms with Crippen molar-refractivity contribution in [1.82, 2.24) is 9.97 Å². The lowest BCUT2D eigenvalue weighted by molar-refractivity contribution is 0.108. The lowest BCUT2D eigenvalue weighted by Crippen LogP contribution is -2.16. The number of aromatic amines is 1. The van der Waals surface area contributed by atoms with E-state index in [1.807, 2.05) is 6.92 Å². The Kier molecular flexibility index (Phi) is 4.03. The summed E-state index contributed by atoms with van der Waals surface area (Å²) in [6.07, 6.45) is 3.71. The second-order valence-electron chi connectivity index (χ2n) is 2.92. The predicted octanol–water partition coefficient (Wildman–Crippen LogP) is 2.05. The van der Waals surface area contributed by atoms with Crippen LogP contribution >= 0.6 is 21.6 Å². The van der Waals surface area contributed by atoms with Crippen molar-refractivity contribution in [2.75, 3.05) is 0 Å². The van der Waals surface area contributed by atoms with E-state index in [0.29, 0.717) is 12.2 Å². The van der Waals surface area contributed by atoms with Crippen molar-refractivity contribution in [3.05, 3.63) is 18.2 Å². The van der Waals surface area contributed by atoms with Gasteiger partial charge in [0, 0.05) is 12.4 Å². The Morgan fingerprint density at radius 1 is 1.79 bits per heavy atom. The highest BCUT2D eigenvalue weighted by Crippen LogP contribution is 2.37. The maximum Gasteiger partial charge on any atom is 0.265 e. The molecule has 4 nitrogen and oxygen atoms in total. The average Bonchev–Trinajstić information content (AvgIpc) is 2.67. The molecule has 1 aromatic rings. The molecule has 0 aliphatic rings. The van der Waals surface area contributed by atoms with Crippen LogP contribution in [0.15, 0.2) is 12.4 Å². The van der Waals surface area contributed by atoms with Crippen LogP contribution in [0.25, 0.3) is 0 Å². The van der Waals surface area contributed by atoms with Crippen LogP contribution in [0.2, 0.25) is 0 Å². The number of rotatable bonds is 4. The minimum absolute atomic E-state index is 0.172. The molecular weight excluding hydrogens is 220 g/mol. The molecule has 0 saturated heterocycles. The van der Waals surface area contributed by atoms with E-state index in [9.17, 15) is 9.90 Å². The molecule has 0 aliphatic carbocycles. The third-order valence-corrected chi connectivity index (χ3v) is 4.50. The van der Waals surface area contributed by atoms with E-state index < -0.39 is 4.93 Å². The molecule has 0 bridgehead atoms. The predicted molar refractivity (Wildman–Crippen MR) is 59.0 cm³/mol. The van der Waals surface area contributed by atoms with Gasteiger partial charge in [-0.25, -0.2) is 4.98 Å². The summed E-state index contributed by atoms with van der Waals surface area (Å²) in [7, 11) is 2.15. The van der Waals surface area contributed by atoms with Crippen LogP contribution in [0.3, 0.4) is 0 Å². The second kappa shape index (κ2) is 4.86. The maximum absolute atomic E-state index is 11.4. The van der Waals surface area contributed by atoms with E-state index in [-0.39, 0.29) is 5.12 Å². The molecule has 1 aromatic heterocycles. The number of nitrogens with zero attached hydrogens (tertiary/aromatic N) is 1. The van der Waals surface area contributed by atoms with Gasteiger partial charge in [-0.15, -0.1) is 0 Å². The first kappa shape index (κ1) is 11.6. The molecular formula is C8H12N2O2S2. The van der Waals surface area contributed by atoms with Gasteiger partial charge >= 0.3 is 0 Å². The highest BCUT2D eigenvalue weighted by molar-refractivity contribution is 8.82. The zero-order chi connectivity index (χ0) is 10.6. The topological polar surface area (TPSA) is 66.0 Å². The number of hydrogen-bond acceptors (Lipinski definition) is 5. The van der Waals surface area contributed by atoms with Gasteiger partial charge in [0.25, 0.3) is 5.12 Å². The Morgan fingerprint density at radius 2 is 2.50 bits per heavy atom. The van der Waals surface area contributed by atoms with E-state index in [4.69, 9.17) is 0 Å². The van der Waals surface area contributed by atoms with E-state index in [1.54, 1.807) is 13.1 Å². The van der Waals surface area contributed by atoms with Crippen molar-refractivity contribution < 1.29 is 9.90 Å². The number of carbonyl (C=O) groups is 1. The first-order chi connectivity index (χ1) is 6.55. The summed E-state index contributed by atoms with van der Waals surface area (Å²) < 4.78 is 0.